The van der Waals surface area contributed by atoms with E-state index in [1.54, 1.807) is 6.07 Å². The molecule has 0 radical (unpaired) electrons. The zero-order chi connectivity index (χ0) is 14.4. The normalized spacial score (nSPS) is 18.8. The summed E-state index contributed by atoms with van der Waals surface area (Å²) in [6.45, 7) is 4.49. The van der Waals surface area contributed by atoms with Crippen LogP contribution in [-0.4, -0.2) is 46.6 Å². The standard InChI is InChI=1S/C15H23N3O2/c1-2-9-18(11-12-5-3-4-7-17-12)15(20)13-6-8-16-10-14(13)19/h6,8,10,12,17,19H,2-5,7,9,11H2,1H3. The molecule has 0 bridgehead atoms. The van der Waals surface area contributed by atoms with E-state index in [0.717, 1.165) is 19.4 Å². The van der Waals surface area contributed by atoms with E-state index in [4.69, 9.17) is 0 Å². The number of carbonyl (C=O) groups is 1. The summed E-state index contributed by atoms with van der Waals surface area (Å²) in [6, 6.07) is 1.94. The molecule has 1 fully saturated rings. The maximum atomic E-state index is 12.5. The van der Waals surface area contributed by atoms with Crippen molar-refractivity contribution in [3.63, 3.8) is 0 Å². The third-order valence-electron chi connectivity index (χ3n) is 3.66. The number of hydrogen-bond donors (Lipinski definition) is 2. The maximum Gasteiger partial charge on any atom is 0.257 e. The van der Waals surface area contributed by atoms with Crippen LogP contribution in [0.1, 0.15) is 43.0 Å². The molecule has 5 heteroatoms. The number of rotatable bonds is 5. The van der Waals surface area contributed by atoms with Crippen molar-refractivity contribution in [2.45, 2.75) is 38.6 Å². The van der Waals surface area contributed by atoms with E-state index in [9.17, 15) is 9.90 Å². The lowest BCUT2D eigenvalue weighted by atomic mass is 10.0. The highest BCUT2D eigenvalue weighted by atomic mass is 16.3. The smallest absolute Gasteiger partial charge is 0.257 e. The Morgan fingerprint density at radius 1 is 1.55 bits per heavy atom. The number of pyridine rings is 1. The lowest BCUT2D eigenvalue weighted by Gasteiger charge is -2.30. The molecule has 1 atom stereocenters. The first-order valence-corrected chi connectivity index (χ1v) is 7.38. The van der Waals surface area contributed by atoms with Crippen LogP contribution < -0.4 is 5.32 Å². The largest absolute Gasteiger partial charge is 0.505 e. The first-order chi connectivity index (χ1) is 9.72. The fourth-order valence-corrected chi connectivity index (χ4v) is 2.63. The van der Waals surface area contributed by atoms with Crippen LogP contribution in [0, 0.1) is 0 Å². The summed E-state index contributed by atoms with van der Waals surface area (Å²) in [4.78, 5) is 18.2. The van der Waals surface area contributed by atoms with E-state index in [2.05, 4.69) is 17.2 Å². The van der Waals surface area contributed by atoms with E-state index in [-0.39, 0.29) is 11.7 Å². The third-order valence-corrected chi connectivity index (χ3v) is 3.66. The summed E-state index contributed by atoms with van der Waals surface area (Å²) in [7, 11) is 0. The van der Waals surface area contributed by atoms with Gasteiger partial charge in [0.25, 0.3) is 5.91 Å². The Morgan fingerprint density at radius 3 is 3.05 bits per heavy atom. The summed E-state index contributed by atoms with van der Waals surface area (Å²) in [5.74, 6) is -0.158. The average molecular weight is 277 g/mol. The molecule has 1 amide bonds. The van der Waals surface area contributed by atoms with Gasteiger partial charge in [-0.05, 0) is 31.9 Å². The molecule has 20 heavy (non-hydrogen) atoms. The molecule has 1 aromatic heterocycles. The molecule has 110 valence electrons. The van der Waals surface area contributed by atoms with Crippen LogP contribution in [0.2, 0.25) is 0 Å². The van der Waals surface area contributed by atoms with Gasteiger partial charge in [0.15, 0.2) is 0 Å². The van der Waals surface area contributed by atoms with Gasteiger partial charge < -0.3 is 15.3 Å². The predicted molar refractivity (Wildman–Crippen MR) is 77.7 cm³/mol. The monoisotopic (exact) mass is 277 g/mol. The number of piperidine rings is 1. The second kappa shape index (κ2) is 7.24. The minimum atomic E-state index is -0.112. The molecule has 0 aliphatic carbocycles. The first-order valence-electron chi connectivity index (χ1n) is 7.38. The van der Waals surface area contributed by atoms with Crippen LogP contribution in [0.15, 0.2) is 18.5 Å². The lowest BCUT2D eigenvalue weighted by molar-refractivity contribution is 0.0728. The van der Waals surface area contributed by atoms with Crippen LogP contribution in [0.3, 0.4) is 0 Å². The molecule has 0 spiro atoms. The second-order valence-corrected chi connectivity index (χ2v) is 5.29. The van der Waals surface area contributed by atoms with E-state index >= 15 is 0 Å². The molecule has 1 unspecified atom stereocenters. The molecular formula is C15H23N3O2. The van der Waals surface area contributed by atoms with E-state index in [1.807, 2.05) is 4.90 Å². The van der Waals surface area contributed by atoms with Gasteiger partial charge in [-0.15, -0.1) is 0 Å². The fourth-order valence-electron chi connectivity index (χ4n) is 2.63. The van der Waals surface area contributed by atoms with Crippen molar-refractivity contribution in [1.29, 1.82) is 0 Å². The van der Waals surface area contributed by atoms with E-state index in [0.29, 0.717) is 24.7 Å². The van der Waals surface area contributed by atoms with Gasteiger partial charge in [0.2, 0.25) is 0 Å². The van der Waals surface area contributed by atoms with Crippen LogP contribution in [0.5, 0.6) is 5.75 Å². The number of nitrogens with one attached hydrogen (secondary N) is 1. The highest BCUT2D eigenvalue weighted by Gasteiger charge is 2.22. The second-order valence-electron chi connectivity index (χ2n) is 5.29. The highest BCUT2D eigenvalue weighted by Crippen LogP contribution is 2.18. The summed E-state index contributed by atoms with van der Waals surface area (Å²) < 4.78 is 0. The summed E-state index contributed by atoms with van der Waals surface area (Å²) in [6.07, 6.45) is 7.29. The Morgan fingerprint density at radius 2 is 2.40 bits per heavy atom. The van der Waals surface area contributed by atoms with Crippen LogP contribution in [-0.2, 0) is 0 Å². The predicted octanol–water partition coefficient (Wildman–Crippen LogP) is 1.78. The van der Waals surface area contributed by atoms with Gasteiger partial charge in [-0.1, -0.05) is 13.3 Å². The van der Waals surface area contributed by atoms with Crippen LogP contribution in [0.4, 0.5) is 0 Å². The molecule has 1 aliphatic heterocycles. The third kappa shape index (κ3) is 3.70. The molecule has 1 saturated heterocycles. The number of aromatic nitrogens is 1. The Balaban J connectivity index is 2.07. The Hall–Kier alpha value is -1.62. The molecule has 0 aromatic carbocycles. The van der Waals surface area contributed by atoms with Crippen molar-refractivity contribution in [2.75, 3.05) is 19.6 Å². The maximum absolute atomic E-state index is 12.5. The Labute approximate surface area is 120 Å². The molecule has 2 N–H and O–H groups in total. The van der Waals surface area contributed by atoms with Gasteiger partial charge in [-0.2, -0.15) is 0 Å². The molecular weight excluding hydrogens is 254 g/mol. The van der Waals surface area contributed by atoms with E-state index < -0.39 is 0 Å². The molecule has 2 rings (SSSR count). The number of aromatic hydroxyl groups is 1. The quantitative estimate of drug-likeness (QED) is 0.861. The van der Waals surface area contributed by atoms with Crippen molar-refractivity contribution in [3.8, 4) is 5.75 Å². The SMILES string of the molecule is CCCN(CC1CCCCN1)C(=O)c1ccncc1O. The molecule has 2 heterocycles. The van der Waals surface area contributed by atoms with Crippen molar-refractivity contribution in [2.24, 2.45) is 0 Å². The first kappa shape index (κ1) is 14.8. The topological polar surface area (TPSA) is 65.5 Å². The fraction of sp³-hybridized carbons (Fsp3) is 0.600. The Bertz CT molecular complexity index is 444. The van der Waals surface area contributed by atoms with Crippen LogP contribution >= 0.6 is 0 Å². The number of nitrogens with zero attached hydrogens (tertiary/aromatic N) is 2. The minimum Gasteiger partial charge on any atom is -0.505 e. The van der Waals surface area contributed by atoms with Gasteiger partial charge in [0.05, 0.1) is 11.8 Å². The molecule has 5 nitrogen and oxygen atoms in total. The number of carbonyl (C=O) groups excluding carboxylic acids is 1. The van der Waals surface area contributed by atoms with Crippen molar-refractivity contribution in [1.82, 2.24) is 15.2 Å². The van der Waals surface area contributed by atoms with Gasteiger partial charge in [0.1, 0.15) is 5.75 Å². The van der Waals surface area contributed by atoms with Crippen molar-refractivity contribution in [3.05, 3.63) is 24.0 Å². The van der Waals surface area contributed by atoms with Gasteiger partial charge in [-0.25, -0.2) is 0 Å². The summed E-state index contributed by atoms with van der Waals surface area (Å²) in [5.41, 5.74) is 0.337. The van der Waals surface area contributed by atoms with Crippen molar-refractivity contribution >= 4 is 5.91 Å². The minimum absolute atomic E-state index is 0.0461. The highest BCUT2D eigenvalue weighted by molar-refractivity contribution is 5.96. The van der Waals surface area contributed by atoms with E-state index in [1.165, 1.54) is 25.2 Å². The zero-order valence-electron chi connectivity index (χ0n) is 12.0. The number of amides is 1. The lowest BCUT2D eigenvalue weighted by Crippen LogP contribution is -2.46. The van der Waals surface area contributed by atoms with Crippen LogP contribution in [0.25, 0.3) is 0 Å². The van der Waals surface area contributed by atoms with Gasteiger partial charge in [0, 0.05) is 25.3 Å². The van der Waals surface area contributed by atoms with Gasteiger partial charge >= 0.3 is 0 Å². The van der Waals surface area contributed by atoms with Gasteiger partial charge in [-0.3, -0.25) is 9.78 Å². The number of hydrogen-bond acceptors (Lipinski definition) is 4. The molecule has 1 aliphatic rings. The summed E-state index contributed by atoms with van der Waals surface area (Å²) in [5, 5.41) is 13.2. The van der Waals surface area contributed by atoms with Crippen molar-refractivity contribution < 1.29 is 9.90 Å². The Kier molecular flexibility index (Phi) is 5.35. The summed E-state index contributed by atoms with van der Waals surface area (Å²) >= 11 is 0. The zero-order valence-corrected chi connectivity index (χ0v) is 12.0. The average Bonchev–Trinajstić information content (AvgIpc) is 2.48. The molecule has 0 saturated carbocycles. The molecule has 1 aromatic rings.